The Morgan fingerprint density at radius 1 is 1.71 bits per heavy atom. The minimum Gasteiger partial charge on any atom is -0.462 e. The lowest BCUT2D eigenvalue weighted by Crippen LogP contribution is -2.09. The van der Waals surface area contributed by atoms with Gasteiger partial charge in [0.2, 0.25) is 0 Å². The molecule has 0 aliphatic carbocycles. The second kappa shape index (κ2) is 5.68. The number of alkyl halides is 2. The van der Waals surface area contributed by atoms with Crippen LogP contribution in [0.4, 0.5) is 8.78 Å². The zero-order valence-electron chi connectivity index (χ0n) is 8.71. The van der Waals surface area contributed by atoms with Gasteiger partial charge in [-0.05, 0) is 28.9 Å². The van der Waals surface area contributed by atoms with E-state index in [1.54, 1.807) is 13.0 Å². The predicted molar refractivity (Wildman–Crippen MR) is 57.6 cm³/mol. The maximum absolute atomic E-state index is 12.5. The van der Waals surface area contributed by atoms with Crippen molar-refractivity contribution in [3.05, 3.63) is 27.5 Å². The summed E-state index contributed by atoms with van der Waals surface area (Å²) >= 11 is 2.89. The van der Waals surface area contributed by atoms with Crippen LogP contribution >= 0.6 is 15.9 Å². The van der Waals surface area contributed by atoms with Gasteiger partial charge in [-0.1, -0.05) is 0 Å². The molecular formula is C10H7BrF2N2O2. The van der Waals surface area contributed by atoms with Crippen LogP contribution in [0.2, 0.25) is 0 Å². The first-order valence-corrected chi connectivity index (χ1v) is 5.36. The Bertz CT molecular complexity index is 486. The molecule has 1 heterocycles. The van der Waals surface area contributed by atoms with E-state index in [0.717, 1.165) is 6.07 Å². The van der Waals surface area contributed by atoms with Gasteiger partial charge in [-0.3, -0.25) is 0 Å². The van der Waals surface area contributed by atoms with Crippen molar-refractivity contribution in [1.82, 2.24) is 4.98 Å². The van der Waals surface area contributed by atoms with Gasteiger partial charge in [0.1, 0.15) is 16.4 Å². The summed E-state index contributed by atoms with van der Waals surface area (Å²) in [4.78, 5) is 14.9. The van der Waals surface area contributed by atoms with Gasteiger partial charge in [0.15, 0.2) is 0 Å². The van der Waals surface area contributed by atoms with Crippen molar-refractivity contribution in [1.29, 1.82) is 5.26 Å². The first kappa shape index (κ1) is 13.5. The Labute approximate surface area is 104 Å². The number of aromatic nitrogens is 1. The summed E-state index contributed by atoms with van der Waals surface area (Å²) in [6, 6.07) is 2.61. The van der Waals surface area contributed by atoms with Gasteiger partial charge in [-0.25, -0.2) is 18.6 Å². The summed E-state index contributed by atoms with van der Waals surface area (Å²) in [5.74, 6) is -0.718. The Morgan fingerprint density at radius 2 is 2.35 bits per heavy atom. The van der Waals surface area contributed by atoms with E-state index in [9.17, 15) is 13.6 Å². The Kier molecular flexibility index (Phi) is 4.52. The first-order valence-electron chi connectivity index (χ1n) is 4.57. The van der Waals surface area contributed by atoms with E-state index in [2.05, 4.69) is 20.9 Å². The van der Waals surface area contributed by atoms with Crippen molar-refractivity contribution in [3.63, 3.8) is 0 Å². The molecule has 0 saturated heterocycles. The number of pyridine rings is 1. The fourth-order valence-electron chi connectivity index (χ4n) is 1.11. The molecular weight excluding hydrogens is 298 g/mol. The fourth-order valence-corrected chi connectivity index (χ4v) is 1.58. The van der Waals surface area contributed by atoms with Crippen LogP contribution in [0.5, 0.6) is 0 Å². The molecule has 0 unspecified atom stereocenters. The lowest BCUT2D eigenvalue weighted by Gasteiger charge is -2.07. The molecule has 0 aliphatic heterocycles. The van der Waals surface area contributed by atoms with Crippen LogP contribution in [0.3, 0.4) is 0 Å². The highest BCUT2D eigenvalue weighted by Crippen LogP contribution is 2.25. The number of halogens is 3. The Balaban J connectivity index is 3.28. The number of hydrogen-bond acceptors (Lipinski definition) is 4. The average molecular weight is 305 g/mol. The number of hydrogen-bond donors (Lipinski definition) is 0. The van der Waals surface area contributed by atoms with E-state index >= 15 is 0 Å². The molecule has 0 aromatic carbocycles. The quantitative estimate of drug-likeness (QED) is 0.636. The van der Waals surface area contributed by atoms with E-state index in [0.29, 0.717) is 0 Å². The van der Waals surface area contributed by atoms with Gasteiger partial charge in [0.05, 0.1) is 17.7 Å². The highest BCUT2D eigenvalue weighted by Gasteiger charge is 2.21. The summed E-state index contributed by atoms with van der Waals surface area (Å²) in [6.07, 6.45) is -2.88. The summed E-state index contributed by atoms with van der Waals surface area (Å²) in [5.41, 5.74) is -1.05. The SMILES string of the molecule is CCOC(=O)c1cc(C#N)c(C(F)F)nc1Br. The molecule has 0 bridgehead atoms. The number of carbonyl (C=O) groups is 1. The maximum atomic E-state index is 12.5. The summed E-state index contributed by atoms with van der Waals surface area (Å²) in [7, 11) is 0. The second-order valence-corrected chi connectivity index (χ2v) is 3.64. The highest BCUT2D eigenvalue weighted by molar-refractivity contribution is 9.10. The number of nitriles is 1. The van der Waals surface area contributed by atoms with Gasteiger partial charge in [0.25, 0.3) is 6.43 Å². The standard InChI is InChI=1S/C10H7BrF2N2O2/c1-2-17-10(16)6-3-5(4-14)7(9(12)13)15-8(6)11/h3,9H,2H2,1H3. The van der Waals surface area contributed by atoms with E-state index < -0.39 is 18.1 Å². The van der Waals surface area contributed by atoms with Crippen LogP contribution in [0, 0.1) is 11.3 Å². The van der Waals surface area contributed by atoms with Crippen molar-refractivity contribution in [2.45, 2.75) is 13.3 Å². The van der Waals surface area contributed by atoms with E-state index in [4.69, 9.17) is 10.00 Å². The van der Waals surface area contributed by atoms with Crippen LogP contribution < -0.4 is 0 Å². The molecule has 0 amide bonds. The zero-order valence-corrected chi connectivity index (χ0v) is 10.3. The van der Waals surface area contributed by atoms with Gasteiger partial charge in [-0.15, -0.1) is 0 Å². The molecule has 0 aliphatic rings. The highest BCUT2D eigenvalue weighted by atomic mass is 79.9. The summed E-state index contributed by atoms with van der Waals surface area (Å²) < 4.78 is 29.7. The molecule has 0 spiro atoms. The molecule has 17 heavy (non-hydrogen) atoms. The number of ether oxygens (including phenoxy) is 1. The van der Waals surface area contributed by atoms with Crippen molar-refractivity contribution in [2.24, 2.45) is 0 Å². The topological polar surface area (TPSA) is 63.0 Å². The molecule has 4 nitrogen and oxygen atoms in total. The number of carbonyl (C=O) groups excluding carboxylic acids is 1. The summed E-state index contributed by atoms with van der Waals surface area (Å²) in [5, 5.41) is 8.70. The van der Waals surface area contributed by atoms with Crippen molar-refractivity contribution in [3.8, 4) is 6.07 Å². The Hall–Kier alpha value is -1.55. The molecule has 1 aromatic rings. The van der Waals surface area contributed by atoms with Crippen LogP contribution in [0.25, 0.3) is 0 Å². The smallest absolute Gasteiger partial charge is 0.340 e. The van der Waals surface area contributed by atoms with Crippen LogP contribution in [-0.2, 0) is 4.74 Å². The number of nitrogens with zero attached hydrogens (tertiary/aromatic N) is 2. The number of esters is 1. The van der Waals surface area contributed by atoms with Crippen LogP contribution in [0.15, 0.2) is 10.7 Å². The summed E-state index contributed by atoms with van der Waals surface area (Å²) in [6.45, 7) is 1.75. The Morgan fingerprint density at radius 3 is 2.82 bits per heavy atom. The zero-order chi connectivity index (χ0) is 13.0. The van der Waals surface area contributed by atoms with Gasteiger partial charge < -0.3 is 4.74 Å². The number of rotatable bonds is 3. The lowest BCUT2D eigenvalue weighted by molar-refractivity contribution is 0.0524. The van der Waals surface area contributed by atoms with Crippen molar-refractivity contribution in [2.75, 3.05) is 6.61 Å². The first-order chi connectivity index (χ1) is 8.01. The maximum Gasteiger partial charge on any atom is 0.340 e. The molecule has 1 rings (SSSR count). The third kappa shape index (κ3) is 2.97. The van der Waals surface area contributed by atoms with Gasteiger partial charge >= 0.3 is 5.97 Å². The van der Waals surface area contributed by atoms with Crippen molar-refractivity contribution < 1.29 is 18.3 Å². The van der Waals surface area contributed by atoms with Gasteiger partial charge in [0, 0.05) is 0 Å². The monoisotopic (exact) mass is 304 g/mol. The second-order valence-electron chi connectivity index (χ2n) is 2.89. The molecule has 1 aromatic heterocycles. The normalized spacial score (nSPS) is 10.1. The molecule has 0 fully saturated rings. The fraction of sp³-hybridized carbons (Fsp3) is 0.300. The predicted octanol–water partition coefficient (Wildman–Crippen LogP) is 2.83. The molecule has 0 radical (unpaired) electrons. The minimum absolute atomic E-state index is 0.0483. The minimum atomic E-state index is -2.88. The third-order valence-electron chi connectivity index (χ3n) is 1.83. The molecule has 7 heteroatoms. The van der Waals surface area contributed by atoms with Crippen LogP contribution in [0.1, 0.15) is 35.0 Å². The van der Waals surface area contributed by atoms with E-state index in [-0.39, 0.29) is 22.3 Å². The average Bonchev–Trinajstić information content (AvgIpc) is 2.28. The molecule has 0 saturated carbocycles. The molecule has 90 valence electrons. The van der Waals surface area contributed by atoms with E-state index in [1.807, 2.05) is 0 Å². The lowest BCUT2D eigenvalue weighted by atomic mass is 10.1. The molecule has 0 atom stereocenters. The third-order valence-corrected chi connectivity index (χ3v) is 2.43. The van der Waals surface area contributed by atoms with E-state index in [1.165, 1.54) is 0 Å². The van der Waals surface area contributed by atoms with Crippen molar-refractivity contribution >= 4 is 21.9 Å². The largest absolute Gasteiger partial charge is 0.462 e. The molecule has 0 N–H and O–H groups in total. The van der Waals surface area contributed by atoms with Crippen LogP contribution in [-0.4, -0.2) is 17.6 Å². The van der Waals surface area contributed by atoms with Gasteiger partial charge in [-0.2, -0.15) is 5.26 Å².